The summed E-state index contributed by atoms with van der Waals surface area (Å²) in [6.45, 7) is 1.96. The maximum atomic E-state index is 11.9. The van der Waals surface area contributed by atoms with Gasteiger partial charge in [0.05, 0.1) is 6.42 Å². The summed E-state index contributed by atoms with van der Waals surface area (Å²) in [6.07, 6.45) is 0.0213. The molecule has 0 fully saturated rings. The van der Waals surface area contributed by atoms with Crippen molar-refractivity contribution < 1.29 is 14.3 Å². The molecule has 4 N–H and O–H groups in total. The predicted octanol–water partition coefficient (Wildman–Crippen LogP) is 2.37. The van der Waals surface area contributed by atoms with E-state index in [4.69, 9.17) is 10.5 Å². The van der Waals surface area contributed by atoms with Crippen molar-refractivity contribution in [1.29, 1.82) is 0 Å². The van der Waals surface area contributed by atoms with Crippen LogP contribution in [0.1, 0.15) is 28.2 Å². The van der Waals surface area contributed by atoms with Crippen LogP contribution in [0.4, 0.5) is 17.6 Å². The minimum atomic E-state index is -0.490. The number of aromatic nitrogens is 3. The number of nitrogens with two attached hydrogens (primary N) is 1. The zero-order valence-corrected chi connectivity index (χ0v) is 16.5. The summed E-state index contributed by atoms with van der Waals surface area (Å²) >= 11 is 0. The number of rotatable bonds is 8. The molecule has 1 aromatic heterocycles. The largest absolute Gasteiger partial charge is 0.457 e. The molecule has 3 rings (SSSR count). The minimum Gasteiger partial charge on any atom is -0.457 e. The lowest BCUT2D eigenvalue weighted by molar-refractivity contribution is -0.145. The van der Waals surface area contributed by atoms with Crippen LogP contribution in [-0.4, -0.2) is 33.4 Å². The van der Waals surface area contributed by atoms with Crippen LogP contribution in [0, 0.1) is 6.92 Å². The Morgan fingerprint density at radius 1 is 1.00 bits per heavy atom. The highest BCUT2D eigenvalue weighted by atomic mass is 16.5. The number of anilines is 3. The van der Waals surface area contributed by atoms with Gasteiger partial charge >= 0.3 is 5.97 Å². The van der Waals surface area contributed by atoms with E-state index in [1.807, 2.05) is 37.3 Å². The second-order valence-electron chi connectivity index (χ2n) is 6.41. The molecule has 9 nitrogen and oxygen atoms in total. The third-order valence-corrected chi connectivity index (χ3v) is 4.10. The summed E-state index contributed by atoms with van der Waals surface area (Å²) in [5.74, 6) is -0.239. The highest BCUT2D eigenvalue weighted by Crippen LogP contribution is 2.17. The number of ether oxygens (including phenoxy) is 1. The van der Waals surface area contributed by atoms with Gasteiger partial charge in [0.15, 0.2) is 12.4 Å². The number of esters is 1. The average molecular weight is 406 g/mol. The number of para-hydroxylation sites is 1. The van der Waals surface area contributed by atoms with Gasteiger partial charge in [-0.05, 0) is 30.7 Å². The van der Waals surface area contributed by atoms with E-state index in [1.54, 1.807) is 24.3 Å². The van der Waals surface area contributed by atoms with Crippen LogP contribution in [0.3, 0.4) is 0 Å². The van der Waals surface area contributed by atoms with E-state index in [9.17, 15) is 9.59 Å². The molecule has 0 spiro atoms. The third kappa shape index (κ3) is 5.99. The SMILES string of the molecule is Cc1ccccc1Nc1nc(N)nc(COC(=O)CCNC(=O)c2ccccc2)n1. The van der Waals surface area contributed by atoms with Gasteiger partial charge in [0, 0.05) is 17.8 Å². The molecule has 0 saturated carbocycles. The molecule has 0 saturated heterocycles. The summed E-state index contributed by atoms with van der Waals surface area (Å²) in [6, 6.07) is 16.4. The van der Waals surface area contributed by atoms with Gasteiger partial charge in [-0.25, -0.2) is 0 Å². The van der Waals surface area contributed by atoms with Crippen molar-refractivity contribution in [2.24, 2.45) is 0 Å². The highest BCUT2D eigenvalue weighted by molar-refractivity contribution is 5.94. The van der Waals surface area contributed by atoms with Crippen LogP contribution in [0.15, 0.2) is 54.6 Å². The zero-order chi connectivity index (χ0) is 21.3. The molecule has 0 radical (unpaired) electrons. The van der Waals surface area contributed by atoms with Gasteiger partial charge < -0.3 is 21.1 Å². The summed E-state index contributed by atoms with van der Waals surface area (Å²) in [5, 5.41) is 5.74. The molecule has 0 aliphatic heterocycles. The van der Waals surface area contributed by atoms with Crippen LogP contribution in [-0.2, 0) is 16.1 Å². The number of nitrogens with zero attached hydrogens (tertiary/aromatic N) is 3. The Morgan fingerprint density at radius 3 is 2.50 bits per heavy atom. The predicted molar refractivity (Wildman–Crippen MR) is 112 cm³/mol. The van der Waals surface area contributed by atoms with Crippen LogP contribution < -0.4 is 16.4 Å². The lowest BCUT2D eigenvalue weighted by Gasteiger charge is -2.10. The van der Waals surface area contributed by atoms with E-state index < -0.39 is 5.97 Å². The third-order valence-electron chi connectivity index (χ3n) is 4.10. The molecule has 9 heteroatoms. The van der Waals surface area contributed by atoms with Crippen molar-refractivity contribution in [3.8, 4) is 0 Å². The molecule has 0 atom stereocenters. The number of benzene rings is 2. The normalized spacial score (nSPS) is 10.3. The van der Waals surface area contributed by atoms with Gasteiger partial charge in [-0.2, -0.15) is 15.0 Å². The van der Waals surface area contributed by atoms with Gasteiger partial charge in [0.25, 0.3) is 5.91 Å². The fourth-order valence-electron chi connectivity index (χ4n) is 2.58. The molecule has 0 bridgehead atoms. The van der Waals surface area contributed by atoms with Gasteiger partial charge in [0.1, 0.15) is 0 Å². The number of hydrogen-bond donors (Lipinski definition) is 3. The van der Waals surface area contributed by atoms with E-state index >= 15 is 0 Å². The molecule has 3 aromatic rings. The van der Waals surface area contributed by atoms with Crippen molar-refractivity contribution in [2.75, 3.05) is 17.6 Å². The zero-order valence-electron chi connectivity index (χ0n) is 16.5. The molecule has 0 aliphatic carbocycles. The first-order chi connectivity index (χ1) is 14.5. The van der Waals surface area contributed by atoms with Crippen molar-refractivity contribution >= 4 is 29.5 Å². The maximum absolute atomic E-state index is 11.9. The van der Waals surface area contributed by atoms with E-state index in [0.29, 0.717) is 5.56 Å². The monoisotopic (exact) mass is 406 g/mol. The molecular formula is C21H22N6O3. The molecule has 0 unspecified atom stereocenters. The Bertz CT molecular complexity index is 1030. The Balaban J connectivity index is 1.49. The summed E-state index contributed by atoms with van der Waals surface area (Å²) in [4.78, 5) is 36.2. The van der Waals surface area contributed by atoms with E-state index in [2.05, 4.69) is 25.6 Å². The second-order valence-corrected chi connectivity index (χ2v) is 6.41. The molecule has 1 amide bonds. The van der Waals surface area contributed by atoms with Gasteiger partial charge in [0.2, 0.25) is 11.9 Å². The number of hydrogen-bond acceptors (Lipinski definition) is 8. The van der Waals surface area contributed by atoms with Crippen LogP contribution >= 0.6 is 0 Å². The van der Waals surface area contributed by atoms with Crippen molar-refractivity contribution in [3.05, 3.63) is 71.5 Å². The first kappa shape index (κ1) is 20.7. The Kier molecular flexibility index (Phi) is 6.88. The molecule has 2 aromatic carbocycles. The Labute approximate surface area is 173 Å². The molecular weight excluding hydrogens is 384 g/mol. The number of carbonyl (C=O) groups excluding carboxylic acids is 2. The quantitative estimate of drug-likeness (QED) is 0.486. The number of amides is 1. The van der Waals surface area contributed by atoms with Crippen LogP contribution in [0.5, 0.6) is 0 Å². The summed E-state index contributed by atoms with van der Waals surface area (Å²) < 4.78 is 5.17. The first-order valence-corrected chi connectivity index (χ1v) is 9.33. The number of nitrogens with one attached hydrogen (secondary N) is 2. The van der Waals surface area contributed by atoms with Gasteiger partial charge in [-0.15, -0.1) is 0 Å². The Hall–Kier alpha value is -4.01. The molecule has 0 aliphatic rings. The highest BCUT2D eigenvalue weighted by Gasteiger charge is 2.10. The molecule has 154 valence electrons. The second kappa shape index (κ2) is 9.97. The maximum Gasteiger partial charge on any atom is 0.308 e. The van der Waals surface area contributed by atoms with Gasteiger partial charge in [-0.1, -0.05) is 36.4 Å². The van der Waals surface area contributed by atoms with E-state index in [1.165, 1.54) is 0 Å². The minimum absolute atomic E-state index is 0.0160. The number of aryl methyl sites for hydroxylation is 1. The van der Waals surface area contributed by atoms with Crippen LogP contribution in [0.25, 0.3) is 0 Å². The number of carbonyl (C=O) groups is 2. The first-order valence-electron chi connectivity index (χ1n) is 9.33. The fourth-order valence-corrected chi connectivity index (χ4v) is 2.58. The lowest BCUT2D eigenvalue weighted by Crippen LogP contribution is -2.26. The van der Waals surface area contributed by atoms with E-state index in [0.717, 1.165) is 11.3 Å². The van der Waals surface area contributed by atoms with Gasteiger partial charge in [-0.3, -0.25) is 9.59 Å². The topological polar surface area (TPSA) is 132 Å². The standard InChI is InChI=1S/C21H22N6O3/c1-14-7-5-6-10-16(14)24-21-26-17(25-20(22)27-21)13-30-18(28)11-12-23-19(29)15-8-3-2-4-9-15/h2-10H,11-13H2,1H3,(H,23,29)(H3,22,24,25,26,27). The van der Waals surface area contributed by atoms with E-state index in [-0.39, 0.29) is 43.2 Å². The number of nitrogen functional groups attached to an aromatic ring is 1. The van der Waals surface area contributed by atoms with Crippen LogP contribution in [0.2, 0.25) is 0 Å². The van der Waals surface area contributed by atoms with Crippen molar-refractivity contribution in [2.45, 2.75) is 20.0 Å². The summed E-state index contributed by atoms with van der Waals surface area (Å²) in [5.41, 5.74) is 8.11. The Morgan fingerprint density at radius 2 is 1.73 bits per heavy atom. The van der Waals surface area contributed by atoms with Crippen molar-refractivity contribution in [1.82, 2.24) is 20.3 Å². The molecule has 30 heavy (non-hydrogen) atoms. The smallest absolute Gasteiger partial charge is 0.308 e. The average Bonchev–Trinajstić information content (AvgIpc) is 2.74. The lowest BCUT2D eigenvalue weighted by atomic mass is 10.2. The van der Waals surface area contributed by atoms with Crippen molar-refractivity contribution in [3.63, 3.8) is 0 Å². The summed E-state index contributed by atoms with van der Waals surface area (Å²) in [7, 11) is 0. The fraction of sp³-hybridized carbons (Fsp3) is 0.190. The molecule has 1 heterocycles.